The summed E-state index contributed by atoms with van der Waals surface area (Å²) in [4.78, 5) is 19.6. The van der Waals surface area contributed by atoms with E-state index < -0.39 is 6.04 Å². The van der Waals surface area contributed by atoms with E-state index in [1.807, 2.05) is 68.4 Å². The standard InChI is InChI=1S/C27H23ClN4O3/c1-16-7-9-19(10-8-16)25-30-26(35-31-25)23-17(2)32(21-6-4-5-20(28)15-21)27(33)29-24(23)18-11-13-22(34-3)14-12-18/h4-15,24H,1-3H3,(H,29,33). The fourth-order valence-electron chi connectivity index (χ4n) is 4.15. The molecule has 2 heterocycles. The highest BCUT2D eigenvalue weighted by molar-refractivity contribution is 6.31. The summed E-state index contributed by atoms with van der Waals surface area (Å²) in [7, 11) is 1.61. The van der Waals surface area contributed by atoms with Crippen LogP contribution in [0.5, 0.6) is 5.75 Å². The Morgan fingerprint density at radius 2 is 1.77 bits per heavy atom. The molecule has 4 aromatic rings. The molecule has 0 spiro atoms. The Labute approximate surface area is 208 Å². The quantitative estimate of drug-likeness (QED) is 0.352. The van der Waals surface area contributed by atoms with Crippen LogP contribution in [0, 0.1) is 6.92 Å². The van der Waals surface area contributed by atoms with E-state index in [0.717, 1.165) is 22.4 Å². The molecule has 1 unspecified atom stereocenters. The van der Waals surface area contributed by atoms with E-state index in [-0.39, 0.29) is 6.03 Å². The lowest BCUT2D eigenvalue weighted by Gasteiger charge is -2.35. The van der Waals surface area contributed by atoms with Gasteiger partial charge in [-0.25, -0.2) is 4.79 Å². The van der Waals surface area contributed by atoms with Crippen molar-refractivity contribution in [2.24, 2.45) is 0 Å². The first kappa shape index (κ1) is 22.7. The maximum atomic E-state index is 13.3. The second-order valence-electron chi connectivity index (χ2n) is 8.26. The number of nitrogens with one attached hydrogen (secondary N) is 1. The van der Waals surface area contributed by atoms with Crippen molar-refractivity contribution in [3.8, 4) is 17.1 Å². The lowest BCUT2D eigenvalue weighted by atomic mass is 9.94. The molecule has 7 nitrogen and oxygen atoms in total. The van der Waals surface area contributed by atoms with Gasteiger partial charge in [-0.15, -0.1) is 0 Å². The number of urea groups is 1. The van der Waals surface area contributed by atoms with E-state index in [1.165, 1.54) is 0 Å². The summed E-state index contributed by atoms with van der Waals surface area (Å²) in [6.45, 7) is 3.88. The van der Waals surface area contributed by atoms with Crippen LogP contribution in [0.1, 0.15) is 30.0 Å². The predicted molar refractivity (Wildman–Crippen MR) is 135 cm³/mol. The fourth-order valence-corrected chi connectivity index (χ4v) is 4.33. The van der Waals surface area contributed by atoms with Gasteiger partial charge in [0.05, 0.1) is 24.4 Å². The molecule has 0 bridgehead atoms. The molecular weight excluding hydrogens is 464 g/mol. The summed E-state index contributed by atoms with van der Waals surface area (Å²) in [5.74, 6) is 1.52. The molecule has 5 rings (SSSR count). The Balaban J connectivity index is 1.64. The average molecular weight is 487 g/mol. The van der Waals surface area contributed by atoms with Crippen molar-refractivity contribution in [3.63, 3.8) is 0 Å². The van der Waals surface area contributed by atoms with Crippen molar-refractivity contribution in [3.05, 3.63) is 101 Å². The molecule has 0 radical (unpaired) electrons. The van der Waals surface area contributed by atoms with E-state index in [4.69, 9.17) is 25.8 Å². The number of nitrogens with zero attached hydrogens (tertiary/aromatic N) is 3. The van der Waals surface area contributed by atoms with Crippen molar-refractivity contribution in [1.29, 1.82) is 0 Å². The van der Waals surface area contributed by atoms with E-state index in [2.05, 4.69) is 10.5 Å². The first-order valence-electron chi connectivity index (χ1n) is 11.1. The van der Waals surface area contributed by atoms with Gasteiger partial charge in [-0.1, -0.05) is 64.8 Å². The molecule has 1 N–H and O–H groups in total. The van der Waals surface area contributed by atoms with Crippen molar-refractivity contribution >= 4 is 28.9 Å². The molecule has 1 atom stereocenters. The number of carbonyl (C=O) groups excluding carboxylic acids is 1. The normalized spacial score (nSPS) is 15.8. The Morgan fingerprint density at radius 3 is 2.46 bits per heavy atom. The maximum absolute atomic E-state index is 13.3. The average Bonchev–Trinajstić information content (AvgIpc) is 3.34. The smallest absolute Gasteiger partial charge is 0.326 e. The molecule has 0 saturated carbocycles. The van der Waals surface area contributed by atoms with E-state index in [1.54, 1.807) is 30.2 Å². The SMILES string of the molecule is COc1ccc(C2NC(=O)N(c3cccc(Cl)c3)C(C)=C2c2nc(-c3ccc(C)cc3)no2)cc1. The molecule has 0 saturated heterocycles. The number of benzene rings is 3. The van der Waals surface area contributed by atoms with E-state index in [9.17, 15) is 4.79 Å². The zero-order valence-corrected chi connectivity index (χ0v) is 20.2. The Bertz CT molecular complexity index is 1410. The topological polar surface area (TPSA) is 80.5 Å². The maximum Gasteiger partial charge on any atom is 0.326 e. The number of ether oxygens (including phenoxy) is 1. The van der Waals surface area contributed by atoms with Crippen LogP contribution in [-0.4, -0.2) is 23.3 Å². The first-order valence-corrected chi connectivity index (χ1v) is 11.4. The summed E-state index contributed by atoms with van der Waals surface area (Å²) in [5.41, 5.74) is 4.83. The number of halogens is 1. The van der Waals surface area contributed by atoms with Crippen LogP contribution < -0.4 is 15.0 Å². The van der Waals surface area contributed by atoms with Crippen LogP contribution in [0.25, 0.3) is 17.0 Å². The summed E-state index contributed by atoms with van der Waals surface area (Å²) in [5, 5.41) is 7.84. The van der Waals surface area contributed by atoms with Gasteiger partial charge in [0.2, 0.25) is 5.82 Å². The Morgan fingerprint density at radius 1 is 1.03 bits per heavy atom. The molecule has 176 valence electrons. The highest BCUT2D eigenvalue weighted by Crippen LogP contribution is 2.39. The van der Waals surface area contributed by atoms with Crippen molar-refractivity contribution in [2.45, 2.75) is 19.9 Å². The second kappa shape index (κ2) is 9.27. The van der Waals surface area contributed by atoms with Gasteiger partial charge in [0, 0.05) is 16.3 Å². The van der Waals surface area contributed by atoms with Crippen LogP contribution in [0.4, 0.5) is 10.5 Å². The van der Waals surface area contributed by atoms with Gasteiger partial charge in [0.15, 0.2) is 0 Å². The number of amides is 2. The van der Waals surface area contributed by atoms with Crippen molar-refractivity contribution < 1.29 is 14.1 Å². The van der Waals surface area contributed by atoms with Gasteiger partial charge in [-0.3, -0.25) is 4.90 Å². The number of hydrogen-bond acceptors (Lipinski definition) is 5. The van der Waals surface area contributed by atoms with Crippen LogP contribution in [0.3, 0.4) is 0 Å². The third-order valence-electron chi connectivity index (χ3n) is 5.97. The molecule has 35 heavy (non-hydrogen) atoms. The molecule has 3 aromatic carbocycles. The summed E-state index contributed by atoms with van der Waals surface area (Å²) in [6.07, 6.45) is 0. The lowest BCUT2D eigenvalue weighted by Crippen LogP contribution is -2.46. The number of aryl methyl sites for hydroxylation is 1. The predicted octanol–water partition coefficient (Wildman–Crippen LogP) is 6.41. The molecule has 8 heteroatoms. The highest BCUT2D eigenvalue weighted by atomic mass is 35.5. The molecule has 2 amide bonds. The molecule has 1 aliphatic heterocycles. The first-order chi connectivity index (χ1) is 16.9. The number of allylic oxidation sites excluding steroid dienone is 1. The zero-order chi connectivity index (χ0) is 24.5. The zero-order valence-electron chi connectivity index (χ0n) is 19.4. The molecule has 1 aromatic heterocycles. The largest absolute Gasteiger partial charge is 0.497 e. The summed E-state index contributed by atoms with van der Waals surface area (Å²) >= 11 is 6.22. The van der Waals surface area contributed by atoms with Gasteiger partial charge in [-0.2, -0.15) is 4.98 Å². The number of rotatable bonds is 5. The fraction of sp³-hybridized carbons (Fsp3) is 0.148. The lowest BCUT2D eigenvalue weighted by molar-refractivity contribution is 0.244. The van der Waals surface area contributed by atoms with Crippen LogP contribution in [-0.2, 0) is 0 Å². The number of carbonyl (C=O) groups is 1. The van der Waals surface area contributed by atoms with Gasteiger partial charge in [0.25, 0.3) is 5.89 Å². The molecule has 1 aliphatic rings. The second-order valence-corrected chi connectivity index (χ2v) is 8.70. The highest BCUT2D eigenvalue weighted by Gasteiger charge is 2.36. The van der Waals surface area contributed by atoms with Crippen molar-refractivity contribution in [1.82, 2.24) is 15.5 Å². The summed E-state index contributed by atoms with van der Waals surface area (Å²) in [6, 6.07) is 21.7. The number of hydrogen-bond donors (Lipinski definition) is 1. The molecule has 0 fully saturated rings. The Hall–Kier alpha value is -4.10. The molecule has 0 aliphatic carbocycles. The minimum Gasteiger partial charge on any atom is -0.497 e. The van der Waals surface area contributed by atoms with Crippen LogP contribution in [0.2, 0.25) is 5.02 Å². The Kier molecular flexibility index (Phi) is 6.01. The number of anilines is 1. The van der Waals surface area contributed by atoms with E-state index in [0.29, 0.717) is 33.7 Å². The van der Waals surface area contributed by atoms with Crippen LogP contribution >= 0.6 is 11.6 Å². The number of aromatic nitrogens is 2. The van der Waals surface area contributed by atoms with Gasteiger partial charge >= 0.3 is 6.03 Å². The molecular formula is C27H23ClN4O3. The minimum atomic E-state index is -0.504. The van der Waals surface area contributed by atoms with Gasteiger partial charge in [0.1, 0.15) is 5.75 Å². The van der Waals surface area contributed by atoms with E-state index >= 15 is 0 Å². The summed E-state index contributed by atoms with van der Waals surface area (Å²) < 4.78 is 11.0. The van der Waals surface area contributed by atoms with Crippen molar-refractivity contribution in [2.75, 3.05) is 12.0 Å². The third-order valence-corrected chi connectivity index (χ3v) is 6.20. The van der Waals surface area contributed by atoms with Gasteiger partial charge in [-0.05, 0) is 49.7 Å². The van der Waals surface area contributed by atoms with Gasteiger partial charge < -0.3 is 14.6 Å². The van der Waals surface area contributed by atoms with Crippen LogP contribution in [0.15, 0.2) is 83.0 Å². The monoisotopic (exact) mass is 486 g/mol. The third kappa shape index (κ3) is 4.38. The number of methoxy groups -OCH3 is 1. The minimum absolute atomic E-state index is 0.285.